The maximum absolute atomic E-state index is 11.8. The fraction of sp³-hybridized carbons (Fsp3) is 0.316. The topological polar surface area (TPSA) is 116 Å². The normalized spacial score (nSPS) is 22.1. The molecule has 4 rings (SSSR count). The van der Waals surface area contributed by atoms with Crippen molar-refractivity contribution in [2.75, 3.05) is 6.61 Å². The first-order valence-electron chi connectivity index (χ1n) is 8.98. The number of ether oxygens (including phenoxy) is 2. The van der Waals surface area contributed by atoms with Gasteiger partial charge in [-0.15, -0.1) is 0 Å². The Morgan fingerprint density at radius 3 is 2.86 bits per heavy atom. The molecule has 0 radical (unpaired) electrons. The summed E-state index contributed by atoms with van der Waals surface area (Å²) in [6.07, 6.45) is 4.44. The summed E-state index contributed by atoms with van der Waals surface area (Å²) in [5, 5.41) is 4.12. The second-order valence-electron chi connectivity index (χ2n) is 6.90. The molecule has 2 aromatic heterocycles. The third kappa shape index (κ3) is 4.20. The zero-order chi connectivity index (χ0) is 20.5. The maximum atomic E-state index is 11.8. The molecule has 3 aromatic rings. The minimum atomic E-state index is -4.34. The van der Waals surface area contributed by atoms with Crippen LogP contribution in [-0.4, -0.2) is 45.4 Å². The van der Waals surface area contributed by atoms with Crippen molar-refractivity contribution in [2.24, 2.45) is 0 Å². The highest BCUT2D eigenvalue weighted by molar-refractivity contribution is 7.85. The molecule has 0 aliphatic carbocycles. The summed E-state index contributed by atoms with van der Waals surface area (Å²) in [4.78, 5) is 8.20. The summed E-state index contributed by atoms with van der Waals surface area (Å²) in [7, 11) is -4.34. The van der Waals surface area contributed by atoms with Crippen LogP contribution in [0.3, 0.4) is 0 Å². The molecule has 0 spiro atoms. The smallest absolute Gasteiger partial charge is 0.294 e. The van der Waals surface area contributed by atoms with E-state index in [0.29, 0.717) is 11.3 Å². The van der Waals surface area contributed by atoms with E-state index < -0.39 is 22.0 Å². The highest BCUT2D eigenvalue weighted by Gasteiger charge is 2.45. The Morgan fingerprint density at radius 2 is 2.17 bits per heavy atom. The Morgan fingerprint density at radius 1 is 1.31 bits per heavy atom. The van der Waals surface area contributed by atoms with Crippen molar-refractivity contribution >= 4 is 10.1 Å². The Kier molecular flexibility index (Phi) is 5.17. The van der Waals surface area contributed by atoms with Gasteiger partial charge < -0.3 is 9.47 Å². The Hall–Kier alpha value is -2.66. The number of nitrogens with zero attached hydrogens (tertiary/aromatic N) is 4. The van der Waals surface area contributed by atoms with Gasteiger partial charge in [0.1, 0.15) is 24.9 Å². The van der Waals surface area contributed by atoms with E-state index in [1.807, 2.05) is 13.0 Å². The molecule has 1 aromatic carbocycles. The van der Waals surface area contributed by atoms with Crippen LogP contribution in [0.5, 0.6) is 0 Å². The quantitative estimate of drug-likeness (QED) is 0.604. The lowest BCUT2D eigenvalue weighted by Crippen LogP contribution is -2.35. The van der Waals surface area contributed by atoms with E-state index in [1.165, 1.54) is 12.4 Å². The van der Waals surface area contributed by atoms with Crippen LogP contribution in [0.4, 0.5) is 0 Å². The van der Waals surface area contributed by atoms with Gasteiger partial charge in [-0.1, -0.05) is 23.8 Å². The van der Waals surface area contributed by atoms with Crippen molar-refractivity contribution in [2.45, 2.75) is 36.7 Å². The van der Waals surface area contributed by atoms with Crippen LogP contribution >= 0.6 is 0 Å². The number of hydrogen-bond donors (Lipinski definition) is 1. The fourth-order valence-electron chi connectivity index (χ4n) is 3.44. The summed E-state index contributed by atoms with van der Waals surface area (Å²) in [6, 6.07) is 10.2. The van der Waals surface area contributed by atoms with Crippen LogP contribution in [0.2, 0.25) is 0 Å². The Balaban J connectivity index is 1.63. The molecule has 0 saturated carbocycles. The molecule has 1 N–H and O–H groups in total. The molecule has 1 aliphatic rings. The first-order valence-corrected chi connectivity index (χ1v) is 10.4. The number of hydrogen-bond acceptors (Lipinski definition) is 7. The molecule has 10 heteroatoms. The molecule has 152 valence electrons. The number of rotatable bonds is 6. The molecule has 0 bridgehead atoms. The summed E-state index contributed by atoms with van der Waals surface area (Å²) < 4.78 is 47.0. The highest BCUT2D eigenvalue weighted by atomic mass is 32.2. The summed E-state index contributed by atoms with van der Waals surface area (Å²) in [5.74, 6) is -1.18. The molecular weight excluding hydrogens is 396 g/mol. The number of aryl methyl sites for hydroxylation is 1. The number of pyridine rings is 1. The third-order valence-electron chi connectivity index (χ3n) is 4.69. The molecule has 1 aliphatic heterocycles. The van der Waals surface area contributed by atoms with Gasteiger partial charge in [0.05, 0.1) is 17.6 Å². The fourth-order valence-corrected chi connectivity index (χ4v) is 4.16. The molecule has 1 saturated heterocycles. The largest absolute Gasteiger partial charge is 0.340 e. The van der Waals surface area contributed by atoms with Gasteiger partial charge in [-0.05, 0) is 30.7 Å². The van der Waals surface area contributed by atoms with Crippen LogP contribution in [0.15, 0.2) is 60.1 Å². The predicted octanol–water partition coefficient (Wildman–Crippen LogP) is 1.74. The van der Waals surface area contributed by atoms with Crippen molar-refractivity contribution < 1.29 is 22.4 Å². The maximum Gasteiger partial charge on any atom is 0.294 e. The third-order valence-corrected chi connectivity index (χ3v) is 5.65. The van der Waals surface area contributed by atoms with Gasteiger partial charge in [0.15, 0.2) is 0 Å². The number of benzene rings is 1. The molecule has 2 unspecified atom stereocenters. The SMILES string of the molecule is Cc1ccc(S(=O)(=O)O)c(CC2COC(Cn3cncn3)(c3ccccn3)O2)c1. The van der Waals surface area contributed by atoms with E-state index in [1.54, 1.807) is 41.5 Å². The first kappa shape index (κ1) is 19.6. The lowest BCUT2D eigenvalue weighted by Gasteiger charge is -2.27. The highest BCUT2D eigenvalue weighted by Crippen LogP contribution is 2.36. The van der Waals surface area contributed by atoms with E-state index >= 15 is 0 Å². The monoisotopic (exact) mass is 416 g/mol. The van der Waals surface area contributed by atoms with Crippen LogP contribution in [-0.2, 0) is 38.3 Å². The van der Waals surface area contributed by atoms with E-state index in [-0.39, 0.29) is 24.5 Å². The van der Waals surface area contributed by atoms with Gasteiger partial charge in [0, 0.05) is 12.6 Å². The van der Waals surface area contributed by atoms with Crippen LogP contribution in [0.25, 0.3) is 0 Å². The second-order valence-corrected chi connectivity index (χ2v) is 8.29. The zero-order valence-electron chi connectivity index (χ0n) is 15.7. The van der Waals surface area contributed by atoms with Crippen molar-refractivity contribution in [3.63, 3.8) is 0 Å². The van der Waals surface area contributed by atoms with E-state index in [4.69, 9.17) is 9.47 Å². The van der Waals surface area contributed by atoms with Gasteiger partial charge in [-0.25, -0.2) is 9.67 Å². The van der Waals surface area contributed by atoms with E-state index in [2.05, 4.69) is 15.1 Å². The van der Waals surface area contributed by atoms with E-state index in [0.717, 1.165) is 5.56 Å². The van der Waals surface area contributed by atoms with Crippen molar-refractivity contribution in [1.82, 2.24) is 19.7 Å². The average Bonchev–Trinajstić information content (AvgIpc) is 3.33. The summed E-state index contributed by atoms with van der Waals surface area (Å²) in [6.45, 7) is 2.32. The minimum Gasteiger partial charge on any atom is -0.340 e. The van der Waals surface area contributed by atoms with Crippen LogP contribution in [0.1, 0.15) is 16.8 Å². The molecule has 1 fully saturated rings. The van der Waals surface area contributed by atoms with Crippen LogP contribution in [0, 0.1) is 6.92 Å². The zero-order valence-corrected chi connectivity index (χ0v) is 16.5. The van der Waals surface area contributed by atoms with Gasteiger partial charge >= 0.3 is 0 Å². The minimum absolute atomic E-state index is 0.127. The standard InChI is InChI=1S/C19H20N4O5S/c1-14-5-6-17(29(24,25)26)15(8-14)9-16-10-27-19(28-16,11-23-13-20-12-22-23)18-4-2-3-7-21-18/h2-8,12-13,16H,9-11H2,1H3,(H,24,25,26). The van der Waals surface area contributed by atoms with Crippen molar-refractivity contribution in [3.8, 4) is 0 Å². The summed E-state index contributed by atoms with van der Waals surface area (Å²) in [5.41, 5.74) is 1.93. The van der Waals surface area contributed by atoms with Gasteiger partial charge in [0.2, 0.25) is 5.79 Å². The average molecular weight is 416 g/mol. The summed E-state index contributed by atoms with van der Waals surface area (Å²) >= 11 is 0. The van der Waals surface area contributed by atoms with Gasteiger partial charge in [-0.3, -0.25) is 9.54 Å². The van der Waals surface area contributed by atoms with Crippen molar-refractivity contribution in [1.29, 1.82) is 0 Å². The first-order chi connectivity index (χ1) is 13.9. The molecule has 29 heavy (non-hydrogen) atoms. The predicted molar refractivity (Wildman–Crippen MR) is 101 cm³/mol. The Bertz CT molecular complexity index is 1090. The van der Waals surface area contributed by atoms with E-state index in [9.17, 15) is 13.0 Å². The Labute approximate surface area is 168 Å². The molecular formula is C19H20N4O5S. The molecule has 2 atom stereocenters. The van der Waals surface area contributed by atoms with Gasteiger partial charge in [0.25, 0.3) is 10.1 Å². The lowest BCUT2D eigenvalue weighted by atomic mass is 10.1. The molecule has 3 heterocycles. The second kappa shape index (κ2) is 7.64. The molecule has 9 nitrogen and oxygen atoms in total. The van der Waals surface area contributed by atoms with Gasteiger partial charge in [-0.2, -0.15) is 13.5 Å². The van der Waals surface area contributed by atoms with Crippen LogP contribution < -0.4 is 0 Å². The lowest BCUT2D eigenvalue weighted by molar-refractivity contribution is -0.191. The number of aromatic nitrogens is 4. The molecule has 0 amide bonds. The van der Waals surface area contributed by atoms with Crippen molar-refractivity contribution in [3.05, 3.63) is 72.1 Å².